The van der Waals surface area contributed by atoms with Gasteiger partial charge in [0.1, 0.15) is 5.75 Å². The van der Waals surface area contributed by atoms with Crippen LogP contribution in [0.15, 0.2) is 24.3 Å². The maximum atomic E-state index is 12.8. The molecule has 7 heteroatoms. The molecule has 0 aliphatic heterocycles. The van der Waals surface area contributed by atoms with Crippen molar-refractivity contribution in [3.63, 3.8) is 0 Å². The third kappa shape index (κ3) is 4.77. The average Bonchev–Trinajstić information content (AvgIpc) is 2.43. The third-order valence-corrected chi connectivity index (χ3v) is 2.77. The maximum Gasteiger partial charge on any atom is 0.402 e. The zero-order valence-electron chi connectivity index (χ0n) is 11.6. The summed E-state index contributed by atoms with van der Waals surface area (Å²) in [5.74, 6) is -4.20. The van der Waals surface area contributed by atoms with Gasteiger partial charge in [-0.25, -0.2) is 0 Å². The van der Waals surface area contributed by atoms with Crippen LogP contribution in [-0.4, -0.2) is 31.6 Å². The van der Waals surface area contributed by atoms with Crippen LogP contribution in [-0.2, 0) is 9.53 Å². The fraction of sp³-hybridized carbons (Fsp3) is 0.429. The van der Waals surface area contributed by atoms with E-state index >= 15 is 0 Å². The molecule has 0 fully saturated rings. The Balaban J connectivity index is 2.87. The van der Waals surface area contributed by atoms with Gasteiger partial charge in [0.05, 0.1) is 13.7 Å². The molecule has 4 nitrogen and oxygen atoms in total. The first kappa shape index (κ1) is 17.0. The summed E-state index contributed by atoms with van der Waals surface area (Å²) in [7, 11) is 1.43. The molecule has 0 spiro atoms. The number of methoxy groups -OCH3 is 1. The van der Waals surface area contributed by atoms with E-state index in [0.717, 1.165) is 0 Å². The van der Waals surface area contributed by atoms with Crippen molar-refractivity contribution in [3.8, 4) is 5.75 Å². The normalized spacial score (nSPS) is 12.6. The van der Waals surface area contributed by atoms with Gasteiger partial charge in [-0.05, 0) is 31.2 Å². The van der Waals surface area contributed by atoms with Gasteiger partial charge in [-0.2, -0.15) is 13.2 Å². The Morgan fingerprint density at radius 1 is 1.19 bits per heavy atom. The number of carbonyl (C=O) groups is 2. The minimum atomic E-state index is -4.83. The summed E-state index contributed by atoms with van der Waals surface area (Å²) in [6.45, 7) is 1.22. The summed E-state index contributed by atoms with van der Waals surface area (Å²) in [4.78, 5) is 23.2. The predicted octanol–water partition coefficient (Wildman–Crippen LogP) is 3.01. The van der Waals surface area contributed by atoms with Gasteiger partial charge in [-0.15, -0.1) is 0 Å². The summed E-state index contributed by atoms with van der Waals surface area (Å²) in [5, 5.41) is 0. The van der Waals surface area contributed by atoms with E-state index < -0.39 is 30.3 Å². The fourth-order valence-electron chi connectivity index (χ4n) is 1.66. The van der Waals surface area contributed by atoms with E-state index in [9.17, 15) is 22.8 Å². The Morgan fingerprint density at radius 3 is 2.19 bits per heavy atom. The van der Waals surface area contributed by atoms with Crippen LogP contribution in [0.4, 0.5) is 13.2 Å². The molecule has 1 unspecified atom stereocenters. The van der Waals surface area contributed by atoms with Gasteiger partial charge in [0.2, 0.25) is 0 Å². The van der Waals surface area contributed by atoms with Gasteiger partial charge in [-0.1, -0.05) is 0 Å². The lowest BCUT2D eigenvalue weighted by Crippen LogP contribution is -2.34. The number of Topliss-reactive ketones (excluding diaryl/α,β-unsaturated/α-hetero) is 1. The lowest BCUT2D eigenvalue weighted by atomic mass is 9.97. The second-order valence-electron chi connectivity index (χ2n) is 4.20. The highest BCUT2D eigenvalue weighted by atomic mass is 19.4. The van der Waals surface area contributed by atoms with Crippen LogP contribution in [0.1, 0.15) is 23.7 Å². The third-order valence-electron chi connectivity index (χ3n) is 2.77. The Bertz CT molecular complexity index is 494. The fourth-order valence-corrected chi connectivity index (χ4v) is 1.66. The van der Waals surface area contributed by atoms with E-state index in [1.165, 1.54) is 38.3 Å². The largest absolute Gasteiger partial charge is 0.497 e. The highest BCUT2D eigenvalue weighted by Crippen LogP contribution is 2.31. The quantitative estimate of drug-likeness (QED) is 0.599. The maximum absolute atomic E-state index is 12.8. The van der Waals surface area contributed by atoms with E-state index in [1.54, 1.807) is 0 Å². The van der Waals surface area contributed by atoms with Crippen LogP contribution in [0, 0.1) is 5.92 Å². The number of halogens is 3. The lowest BCUT2D eigenvalue weighted by molar-refractivity contribution is -0.196. The molecule has 0 aliphatic rings. The molecular weight excluding hydrogens is 289 g/mol. The summed E-state index contributed by atoms with van der Waals surface area (Å²) in [6.07, 6.45) is -5.80. The molecule has 1 atom stereocenters. The van der Waals surface area contributed by atoms with E-state index in [0.29, 0.717) is 5.75 Å². The lowest BCUT2D eigenvalue weighted by Gasteiger charge is -2.18. The van der Waals surface area contributed by atoms with E-state index in [-0.39, 0.29) is 12.2 Å². The first-order valence-corrected chi connectivity index (χ1v) is 6.20. The number of benzene rings is 1. The number of ketones is 1. The molecule has 0 aliphatic carbocycles. The van der Waals surface area contributed by atoms with Gasteiger partial charge in [-0.3, -0.25) is 9.59 Å². The first-order chi connectivity index (χ1) is 9.79. The molecule has 1 aromatic carbocycles. The summed E-state index contributed by atoms with van der Waals surface area (Å²) in [6, 6.07) is 5.61. The number of alkyl halides is 3. The molecule has 1 rings (SSSR count). The van der Waals surface area contributed by atoms with E-state index in [2.05, 4.69) is 4.74 Å². The predicted molar refractivity (Wildman–Crippen MR) is 68.1 cm³/mol. The number of rotatable bonds is 6. The number of ether oxygens (including phenoxy) is 2. The van der Waals surface area contributed by atoms with Crippen molar-refractivity contribution >= 4 is 11.8 Å². The molecule has 0 heterocycles. The SMILES string of the molecule is CCOC(=O)C(CC(=O)c1ccc(OC)cc1)C(F)(F)F. The van der Waals surface area contributed by atoms with Crippen LogP contribution in [0.25, 0.3) is 0 Å². The van der Waals surface area contributed by atoms with Gasteiger partial charge < -0.3 is 9.47 Å². The van der Waals surface area contributed by atoms with Gasteiger partial charge in [0, 0.05) is 12.0 Å². The molecule has 0 saturated carbocycles. The molecule has 0 saturated heterocycles. The van der Waals surface area contributed by atoms with E-state index in [4.69, 9.17) is 4.74 Å². The van der Waals surface area contributed by atoms with Crippen molar-refractivity contribution in [1.82, 2.24) is 0 Å². The molecule has 0 amide bonds. The van der Waals surface area contributed by atoms with Gasteiger partial charge in [0.25, 0.3) is 0 Å². The van der Waals surface area contributed by atoms with Gasteiger partial charge in [0.15, 0.2) is 11.7 Å². The zero-order chi connectivity index (χ0) is 16.0. The minimum absolute atomic E-state index is 0.0781. The number of hydrogen-bond donors (Lipinski definition) is 0. The highest BCUT2D eigenvalue weighted by molar-refractivity contribution is 5.98. The van der Waals surface area contributed by atoms with Crippen molar-refractivity contribution in [3.05, 3.63) is 29.8 Å². The van der Waals surface area contributed by atoms with Gasteiger partial charge >= 0.3 is 12.1 Å². The zero-order valence-corrected chi connectivity index (χ0v) is 11.6. The van der Waals surface area contributed by atoms with E-state index in [1.807, 2.05) is 0 Å². The number of esters is 1. The Labute approximate surface area is 119 Å². The molecule has 116 valence electrons. The molecular formula is C14H15F3O4. The summed E-state index contributed by atoms with van der Waals surface area (Å²) in [5.41, 5.74) is 0.0781. The molecule has 21 heavy (non-hydrogen) atoms. The van der Waals surface area contributed by atoms with Crippen molar-refractivity contribution in [2.45, 2.75) is 19.5 Å². The Kier molecular flexibility index (Phi) is 5.75. The summed E-state index contributed by atoms with van der Waals surface area (Å²) >= 11 is 0. The second-order valence-corrected chi connectivity index (χ2v) is 4.20. The Hall–Kier alpha value is -2.05. The van der Waals surface area contributed by atoms with Crippen LogP contribution in [0.2, 0.25) is 0 Å². The second kappa shape index (κ2) is 7.10. The van der Waals surface area contributed by atoms with Crippen molar-refractivity contribution in [2.75, 3.05) is 13.7 Å². The molecule has 0 N–H and O–H groups in total. The van der Waals surface area contributed by atoms with Crippen LogP contribution in [0.5, 0.6) is 5.75 Å². The molecule has 0 radical (unpaired) electrons. The minimum Gasteiger partial charge on any atom is -0.497 e. The summed E-state index contributed by atoms with van der Waals surface area (Å²) < 4.78 is 47.7. The van der Waals surface area contributed by atoms with Crippen molar-refractivity contribution < 1.29 is 32.2 Å². The van der Waals surface area contributed by atoms with Crippen LogP contribution < -0.4 is 4.74 Å². The number of carbonyl (C=O) groups excluding carboxylic acids is 2. The van der Waals surface area contributed by atoms with Crippen LogP contribution >= 0.6 is 0 Å². The van der Waals surface area contributed by atoms with Crippen molar-refractivity contribution in [1.29, 1.82) is 0 Å². The first-order valence-electron chi connectivity index (χ1n) is 6.20. The monoisotopic (exact) mass is 304 g/mol. The average molecular weight is 304 g/mol. The molecule has 0 bridgehead atoms. The smallest absolute Gasteiger partial charge is 0.402 e. The molecule has 1 aromatic rings. The molecule has 0 aromatic heterocycles. The standard InChI is InChI=1S/C14H15F3O4/c1-3-21-13(19)11(14(15,16)17)8-12(18)9-4-6-10(20-2)7-5-9/h4-7,11H,3,8H2,1-2H3. The van der Waals surface area contributed by atoms with Crippen LogP contribution in [0.3, 0.4) is 0 Å². The topological polar surface area (TPSA) is 52.6 Å². The number of hydrogen-bond acceptors (Lipinski definition) is 4. The highest BCUT2D eigenvalue weighted by Gasteiger charge is 2.47. The van der Waals surface area contributed by atoms with Crippen molar-refractivity contribution in [2.24, 2.45) is 5.92 Å². The Morgan fingerprint density at radius 2 is 1.76 bits per heavy atom.